The summed E-state index contributed by atoms with van der Waals surface area (Å²) < 4.78 is 27.7. The van der Waals surface area contributed by atoms with Gasteiger partial charge in [-0.05, 0) is 42.0 Å². The van der Waals surface area contributed by atoms with E-state index < -0.39 is 16.1 Å². The Hall–Kier alpha value is -1.84. The van der Waals surface area contributed by atoms with Crippen molar-refractivity contribution in [3.8, 4) is 11.5 Å². The third kappa shape index (κ3) is 6.89. The van der Waals surface area contributed by atoms with Crippen molar-refractivity contribution in [1.29, 1.82) is 0 Å². The molecule has 25 heavy (non-hydrogen) atoms. The summed E-state index contributed by atoms with van der Waals surface area (Å²) in [5.41, 5.74) is 0.708. The van der Waals surface area contributed by atoms with Gasteiger partial charge in [0, 0.05) is 13.1 Å². The molecule has 2 aromatic rings. The van der Waals surface area contributed by atoms with E-state index in [0.717, 1.165) is 0 Å². The maximum Gasteiger partial charge on any atom is 0.238 e. The van der Waals surface area contributed by atoms with E-state index in [1.807, 2.05) is 0 Å². The van der Waals surface area contributed by atoms with Gasteiger partial charge >= 0.3 is 0 Å². The van der Waals surface area contributed by atoms with Crippen LogP contribution in [0, 0.1) is 0 Å². The highest BCUT2D eigenvalue weighted by Crippen LogP contribution is 2.16. The second-order valence-electron chi connectivity index (χ2n) is 5.18. The van der Waals surface area contributed by atoms with E-state index in [1.165, 1.54) is 36.4 Å². The third-order valence-corrected chi connectivity index (χ3v) is 4.24. The van der Waals surface area contributed by atoms with Crippen LogP contribution in [0.15, 0.2) is 53.4 Å². The van der Waals surface area contributed by atoms with Gasteiger partial charge in [-0.3, -0.25) is 0 Å². The summed E-state index contributed by atoms with van der Waals surface area (Å²) in [6, 6.07) is 12.2. The molecular weight excluding hydrogens is 368 g/mol. The topological polar surface area (TPSA) is 122 Å². The van der Waals surface area contributed by atoms with Gasteiger partial charge in [-0.2, -0.15) is 0 Å². The van der Waals surface area contributed by atoms with E-state index in [1.54, 1.807) is 12.1 Å². The van der Waals surface area contributed by atoms with Gasteiger partial charge in [0.1, 0.15) is 18.1 Å². The monoisotopic (exact) mass is 388 g/mol. The van der Waals surface area contributed by atoms with Gasteiger partial charge in [-0.25, -0.2) is 13.6 Å². The lowest BCUT2D eigenvalue weighted by Crippen LogP contribution is -2.26. The van der Waals surface area contributed by atoms with Gasteiger partial charge in [-0.15, -0.1) is 12.4 Å². The number of aliphatic hydroxyl groups is 1. The SMILES string of the molecule is Cl.NS(=O)(=O)c1ccc(OCCNCC(O)c2ccc(O)cc2)cc1. The van der Waals surface area contributed by atoms with Crippen molar-refractivity contribution in [3.63, 3.8) is 0 Å². The molecule has 0 spiro atoms. The Morgan fingerprint density at radius 1 is 1.08 bits per heavy atom. The lowest BCUT2D eigenvalue weighted by molar-refractivity contribution is 0.172. The van der Waals surface area contributed by atoms with Crippen LogP contribution < -0.4 is 15.2 Å². The summed E-state index contributed by atoms with van der Waals surface area (Å²) in [7, 11) is -3.70. The average molecular weight is 389 g/mol. The van der Waals surface area contributed by atoms with Crippen LogP contribution in [0.3, 0.4) is 0 Å². The van der Waals surface area contributed by atoms with Gasteiger partial charge in [0.2, 0.25) is 10.0 Å². The number of nitrogens with one attached hydrogen (secondary N) is 1. The van der Waals surface area contributed by atoms with E-state index in [2.05, 4.69) is 5.32 Å². The number of sulfonamides is 1. The minimum Gasteiger partial charge on any atom is -0.508 e. The maximum absolute atomic E-state index is 11.1. The van der Waals surface area contributed by atoms with Gasteiger partial charge in [0.25, 0.3) is 0 Å². The lowest BCUT2D eigenvalue weighted by atomic mass is 10.1. The predicted octanol–water partition coefficient (Wildman–Crippen LogP) is 1.16. The summed E-state index contributed by atoms with van der Waals surface area (Å²) in [6.45, 7) is 1.21. The highest BCUT2D eigenvalue weighted by atomic mass is 35.5. The molecule has 0 aliphatic carbocycles. The Balaban J connectivity index is 0.00000312. The molecule has 1 atom stereocenters. The molecule has 7 nitrogen and oxygen atoms in total. The van der Waals surface area contributed by atoms with Crippen LogP contribution in [0.5, 0.6) is 11.5 Å². The molecule has 0 bridgehead atoms. The zero-order chi connectivity index (χ0) is 17.6. The van der Waals surface area contributed by atoms with Crippen LogP contribution in [0.4, 0.5) is 0 Å². The van der Waals surface area contributed by atoms with Crippen molar-refractivity contribution < 1.29 is 23.4 Å². The summed E-state index contributed by atoms with van der Waals surface area (Å²) in [4.78, 5) is 0.0324. The number of phenolic OH excluding ortho intramolecular Hbond substituents is 1. The first-order valence-corrected chi connectivity index (χ1v) is 8.84. The molecule has 0 aliphatic heterocycles. The molecule has 0 fully saturated rings. The van der Waals surface area contributed by atoms with Gasteiger partial charge in [0.05, 0.1) is 11.0 Å². The van der Waals surface area contributed by atoms with Gasteiger partial charge < -0.3 is 20.3 Å². The van der Waals surface area contributed by atoms with E-state index in [0.29, 0.717) is 31.0 Å². The molecule has 0 radical (unpaired) electrons. The number of halogens is 1. The highest BCUT2D eigenvalue weighted by molar-refractivity contribution is 7.89. The first-order chi connectivity index (χ1) is 11.4. The molecule has 0 heterocycles. The molecule has 1 unspecified atom stereocenters. The van der Waals surface area contributed by atoms with E-state index in [9.17, 15) is 18.6 Å². The predicted molar refractivity (Wildman–Crippen MR) is 96.5 cm³/mol. The van der Waals surface area contributed by atoms with E-state index >= 15 is 0 Å². The first-order valence-electron chi connectivity index (χ1n) is 7.29. The first kappa shape index (κ1) is 21.2. The number of benzene rings is 2. The fraction of sp³-hybridized carbons (Fsp3) is 0.250. The summed E-state index contributed by atoms with van der Waals surface area (Å²) in [5, 5.41) is 27.2. The molecule has 0 amide bonds. The second-order valence-corrected chi connectivity index (χ2v) is 6.74. The number of hydrogen-bond acceptors (Lipinski definition) is 6. The minimum absolute atomic E-state index is 0. The number of nitrogens with two attached hydrogens (primary N) is 1. The molecule has 5 N–H and O–H groups in total. The van der Waals surface area contributed by atoms with Crippen LogP contribution in [-0.2, 0) is 10.0 Å². The number of rotatable bonds is 8. The van der Waals surface area contributed by atoms with Crippen molar-refractivity contribution in [2.45, 2.75) is 11.0 Å². The van der Waals surface area contributed by atoms with E-state index in [-0.39, 0.29) is 23.1 Å². The standard InChI is InChI=1S/C16H20N2O5S.ClH/c17-24(21,22)15-7-5-14(6-8-15)23-10-9-18-11-16(20)12-1-3-13(19)4-2-12;/h1-8,16,18-20H,9-11H2,(H2,17,21,22);1H. The summed E-state index contributed by atoms with van der Waals surface area (Å²) in [5.74, 6) is 0.684. The quantitative estimate of drug-likeness (QED) is 0.503. The molecule has 2 rings (SSSR count). The molecule has 0 aromatic heterocycles. The number of aliphatic hydroxyl groups excluding tert-OH is 1. The van der Waals surface area contributed by atoms with Crippen molar-refractivity contribution in [1.82, 2.24) is 5.32 Å². The fourth-order valence-electron chi connectivity index (χ4n) is 2.02. The van der Waals surface area contributed by atoms with Gasteiger partial charge in [-0.1, -0.05) is 12.1 Å². The van der Waals surface area contributed by atoms with Crippen molar-refractivity contribution in [2.75, 3.05) is 19.7 Å². The van der Waals surface area contributed by atoms with Crippen molar-refractivity contribution in [3.05, 3.63) is 54.1 Å². The number of phenols is 1. The third-order valence-electron chi connectivity index (χ3n) is 3.32. The zero-order valence-electron chi connectivity index (χ0n) is 13.3. The molecular formula is C16H21ClN2O5S. The van der Waals surface area contributed by atoms with Crippen LogP contribution in [0.2, 0.25) is 0 Å². The average Bonchev–Trinajstić information content (AvgIpc) is 2.54. The van der Waals surface area contributed by atoms with Crippen LogP contribution in [0.25, 0.3) is 0 Å². The number of ether oxygens (including phenoxy) is 1. The van der Waals surface area contributed by atoms with Crippen LogP contribution in [-0.4, -0.2) is 38.3 Å². The Morgan fingerprint density at radius 2 is 1.68 bits per heavy atom. The largest absolute Gasteiger partial charge is 0.508 e. The number of primary sulfonamides is 1. The van der Waals surface area contributed by atoms with Crippen molar-refractivity contribution >= 4 is 22.4 Å². The Morgan fingerprint density at radius 3 is 2.24 bits per heavy atom. The number of aromatic hydroxyl groups is 1. The normalized spacial score (nSPS) is 12.2. The summed E-state index contributed by atoms with van der Waals surface area (Å²) >= 11 is 0. The molecule has 0 saturated heterocycles. The molecule has 0 saturated carbocycles. The summed E-state index contributed by atoms with van der Waals surface area (Å²) in [6.07, 6.45) is -0.681. The Labute approximate surface area is 152 Å². The molecule has 138 valence electrons. The zero-order valence-corrected chi connectivity index (χ0v) is 15.0. The maximum atomic E-state index is 11.1. The Bertz CT molecular complexity index is 751. The number of hydrogen-bond donors (Lipinski definition) is 4. The molecule has 2 aromatic carbocycles. The van der Waals surface area contributed by atoms with Gasteiger partial charge in [0.15, 0.2) is 0 Å². The minimum atomic E-state index is -3.70. The molecule has 0 aliphatic rings. The highest BCUT2D eigenvalue weighted by Gasteiger charge is 2.08. The second kappa shape index (κ2) is 9.59. The molecule has 9 heteroatoms. The van der Waals surface area contributed by atoms with Crippen LogP contribution in [0.1, 0.15) is 11.7 Å². The Kier molecular flexibility index (Phi) is 8.14. The van der Waals surface area contributed by atoms with E-state index in [4.69, 9.17) is 9.88 Å². The fourth-order valence-corrected chi connectivity index (χ4v) is 2.54. The smallest absolute Gasteiger partial charge is 0.238 e. The van der Waals surface area contributed by atoms with Crippen molar-refractivity contribution in [2.24, 2.45) is 5.14 Å². The van der Waals surface area contributed by atoms with Crippen LogP contribution >= 0.6 is 12.4 Å². The lowest BCUT2D eigenvalue weighted by Gasteiger charge is -2.13.